The van der Waals surface area contributed by atoms with Crippen LogP contribution >= 0.6 is 0 Å². The highest BCUT2D eigenvalue weighted by Gasteiger charge is 1.92. The number of esters is 1. The maximum absolute atomic E-state index is 10.2. The van der Waals surface area contributed by atoms with Crippen molar-refractivity contribution < 1.29 is 19.4 Å². The molecule has 1 N–H and O–H groups in total. The number of hydrogen-bond acceptors (Lipinski definition) is 3. The lowest BCUT2D eigenvalue weighted by Crippen LogP contribution is -1.92. The third-order valence-electron chi connectivity index (χ3n) is 2.22. The number of carbonyl (C=O) groups is 2. The topological polar surface area (TPSA) is 63.6 Å². The molecule has 0 aromatic rings. The van der Waals surface area contributed by atoms with Crippen molar-refractivity contribution in [3.8, 4) is 0 Å². The molecule has 0 aliphatic rings. The summed E-state index contributed by atoms with van der Waals surface area (Å²) >= 11 is 0. The normalized spacial score (nSPS) is 10.3. The van der Waals surface area contributed by atoms with Gasteiger partial charge in [-0.15, -0.1) is 0 Å². The monoisotopic (exact) mass is 284 g/mol. The van der Waals surface area contributed by atoms with E-state index in [2.05, 4.69) is 24.7 Å². The van der Waals surface area contributed by atoms with Crippen LogP contribution in [0.25, 0.3) is 0 Å². The van der Waals surface area contributed by atoms with Gasteiger partial charge < -0.3 is 9.84 Å². The van der Waals surface area contributed by atoms with Gasteiger partial charge in [-0.1, -0.05) is 32.4 Å². The van der Waals surface area contributed by atoms with Crippen LogP contribution in [0.15, 0.2) is 24.5 Å². The van der Waals surface area contributed by atoms with Crippen molar-refractivity contribution in [1.82, 2.24) is 0 Å². The molecule has 0 bridgehead atoms. The van der Waals surface area contributed by atoms with Crippen LogP contribution in [0.5, 0.6) is 0 Å². The predicted molar refractivity (Wildman–Crippen MR) is 81.3 cm³/mol. The first kappa shape index (κ1) is 20.7. The Hall–Kier alpha value is -1.58. The van der Waals surface area contributed by atoms with Crippen LogP contribution in [0.4, 0.5) is 0 Å². The van der Waals surface area contributed by atoms with Gasteiger partial charge in [0.15, 0.2) is 0 Å². The summed E-state index contributed by atoms with van der Waals surface area (Å²) in [7, 11) is 0. The van der Waals surface area contributed by atoms with Gasteiger partial charge in [0.1, 0.15) is 0 Å². The Morgan fingerprint density at radius 2 is 1.70 bits per heavy atom. The van der Waals surface area contributed by atoms with Crippen molar-refractivity contribution >= 4 is 11.9 Å². The quantitative estimate of drug-likeness (QED) is 0.294. The second-order valence-corrected chi connectivity index (χ2v) is 4.29. The summed E-state index contributed by atoms with van der Waals surface area (Å²) in [6.45, 7) is 5.58. The summed E-state index contributed by atoms with van der Waals surface area (Å²) in [6, 6.07) is 0. The van der Waals surface area contributed by atoms with Crippen molar-refractivity contribution in [1.29, 1.82) is 0 Å². The van der Waals surface area contributed by atoms with E-state index in [1.807, 2.05) is 12.2 Å². The molecule has 4 heteroatoms. The zero-order chi connectivity index (χ0) is 15.6. The Labute approximate surface area is 122 Å². The fourth-order valence-electron chi connectivity index (χ4n) is 1.19. The summed E-state index contributed by atoms with van der Waals surface area (Å²) in [5.41, 5.74) is 0. The average Bonchev–Trinajstić information content (AvgIpc) is 2.38. The van der Waals surface area contributed by atoms with E-state index in [9.17, 15) is 9.59 Å². The zero-order valence-electron chi connectivity index (χ0n) is 12.9. The van der Waals surface area contributed by atoms with Gasteiger partial charge in [-0.25, -0.2) is 0 Å². The molecule has 20 heavy (non-hydrogen) atoms. The maximum atomic E-state index is 10.2. The Morgan fingerprint density at radius 1 is 1.05 bits per heavy atom. The number of carboxylic acids is 1. The number of carbonyl (C=O) groups excluding carboxylic acids is 1. The number of unbranched alkanes of at least 4 members (excludes halogenated alkanes) is 3. The molecule has 0 rings (SSSR count). The van der Waals surface area contributed by atoms with E-state index in [-0.39, 0.29) is 12.4 Å². The number of carboxylic acid groups (broad SMARTS) is 1. The molecule has 0 aromatic carbocycles. The number of rotatable bonds is 9. The summed E-state index contributed by atoms with van der Waals surface area (Å²) in [5, 5.41) is 8.25. The number of allylic oxidation sites excluding steroid dienone is 3. The largest absolute Gasteiger partial charge is 0.481 e. The van der Waals surface area contributed by atoms with Gasteiger partial charge in [0, 0.05) is 13.3 Å². The second-order valence-electron chi connectivity index (χ2n) is 4.29. The summed E-state index contributed by atoms with van der Waals surface area (Å²) < 4.78 is 4.57. The Kier molecular flexibility index (Phi) is 18.1. The summed E-state index contributed by atoms with van der Waals surface area (Å²) in [6.07, 6.45) is 13.7. The molecular weight excluding hydrogens is 256 g/mol. The van der Waals surface area contributed by atoms with E-state index < -0.39 is 5.97 Å². The number of hydrogen-bond donors (Lipinski definition) is 1. The fourth-order valence-corrected chi connectivity index (χ4v) is 1.19. The molecule has 0 fully saturated rings. The maximum Gasteiger partial charge on any atom is 0.307 e. The van der Waals surface area contributed by atoms with Gasteiger partial charge in [-0.3, -0.25) is 9.59 Å². The van der Waals surface area contributed by atoms with Crippen LogP contribution in [-0.2, 0) is 14.3 Å². The molecule has 4 nitrogen and oxygen atoms in total. The van der Waals surface area contributed by atoms with E-state index >= 15 is 0 Å². The van der Waals surface area contributed by atoms with E-state index in [1.54, 1.807) is 0 Å². The van der Waals surface area contributed by atoms with Gasteiger partial charge in [-0.2, -0.15) is 0 Å². The van der Waals surface area contributed by atoms with Gasteiger partial charge >= 0.3 is 11.9 Å². The standard InChI is InChI=1S/2C8H14O2/c1-3-4-5-6-7-10-8(2)9;1-2-3-4-5-6-7-8(9)10/h6-7H,3-5H2,1-2H3;3-4H,2,5-7H2,1H3,(H,9,10)/b;4-3-. The van der Waals surface area contributed by atoms with Gasteiger partial charge in [0.05, 0.1) is 6.26 Å². The first-order valence-corrected chi connectivity index (χ1v) is 7.23. The predicted octanol–water partition coefficient (Wildman–Crippen LogP) is 4.46. The molecule has 0 saturated carbocycles. The highest BCUT2D eigenvalue weighted by atomic mass is 16.5. The smallest absolute Gasteiger partial charge is 0.307 e. The van der Waals surface area contributed by atoms with E-state index in [0.29, 0.717) is 0 Å². The van der Waals surface area contributed by atoms with Crippen molar-refractivity contribution in [2.45, 2.75) is 65.7 Å². The molecule has 0 spiro atoms. The van der Waals surface area contributed by atoms with Crippen molar-refractivity contribution in [2.75, 3.05) is 0 Å². The van der Waals surface area contributed by atoms with Gasteiger partial charge in [0.25, 0.3) is 0 Å². The molecule has 0 saturated heterocycles. The van der Waals surface area contributed by atoms with Crippen LogP contribution in [-0.4, -0.2) is 17.0 Å². The van der Waals surface area contributed by atoms with Crippen molar-refractivity contribution in [3.05, 3.63) is 24.5 Å². The molecule has 0 atom stereocenters. The summed E-state index contributed by atoms with van der Waals surface area (Å²) in [5.74, 6) is -0.961. The molecule has 0 radical (unpaired) electrons. The van der Waals surface area contributed by atoms with Crippen LogP contribution in [0.1, 0.15) is 65.7 Å². The number of ether oxygens (including phenoxy) is 1. The van der Waals surface area contributed by atoms with Gasteiger partial charge in [-0.05, 0) is 38.2 Å². The van der Waals surface area contributed by atoms with E-state index in [0.717, 1.165) is 32.1 Å². The molecule has 116 valence electrons. The second kappa shape index (κ2) is 17.4. The first-order chi connectivity index (χ1) is 9.54. The SMILES string of the molecule is CC/C=C\CCCC(=O)O.CCCCC=COC(C)=O. The van der Waals surface area contributed by atoms with Crippen molar-refractivity contribution in [3.63, 3.8) is 0 Å². The highest BCUT2D eigenvalue weighted by molar-refractivity contribution is 5.66. The molecule has 0 aliphatic heterocycles. The lowest BCUT2D eigenvalue weighted by Gasteiger charge is -1.90. The van der Waals surface area contributed by atoms with Crippen LogP contribution in [0, 0.1) is 0 Å². The zero-order valence-corrected chi connectivity index (χ0v) is 12.9. The lowest BCUT2D eigenvalue weighted by atomic mass is 10.2. The average molecular weight is 284 g/mol. The third kappa shape index (κ3) is 25.3. The highest BCUT2D eigenvalue weighted by Crippen LogP contribution is 1.96. The lowest BCUT2D eigenvalue weighted by molar-refractivity contribution is -0.137. The minimum atomic E-state index is -0.704. The Balaban J connectivity index is 0. The molecule has 0 heterocycles. The van der Waals surface area contributed by atoms with Crippen molar-refractivity contribution in [2.24, 2.45) is 0 Å². The van der Waals surface area contributed by atoms with Crippen LogP contribution in [0.2, 0.25) is 0 Å². The summed E-state index contributed by atoms with van der Waals surface area (Å²) in [4.78, 5) is 20.2. The molecule has 0 amide bonds. The van der Waals surface area contributed by atoms with Crippen LogP contribution < -0.4 is 0 Å². The fraction of sp³-hybridized carbons (Fsp3) is 0.625. The molecule has 0 aromatic heterocycles. The van der Waals surface area contributed by atoms with Gasteiger partial charge in [0.2, 0.25) is 0 Å². The van der Waals surface area contributed by atoms with E-state index in [4.69, 9.17) is 5.11 Å². The minimum Gasteiger partial charge on any atom is -0.481 e. The Morgan fingerprint density at radius 3 is 2.20 bits per heavy atom. The minimum absolute atomic E-state index is 0.257. The van der Waals surface area contributed by atoms with Crippen LogP contribution in [0.3, 0.4) is 0 Å². The number of aliphatic carboxylic acids is 1. The molecular formula is C16H28O4. The molecule has 0 unspecified atom stereocenters. The third-order valence-corrected chi connectivity index (χ3v) is 2.22. The van der Waals surface area contributed by atoms with E-state index in [1.165, 1.54) is 19.6 Å². The Bertz CT molecular complexity index is 293. The first-order valence-electron chi connectivity index (χ1n) is 7.23. The molecule has 0 aliphatic carbocycles.